The van der Waals surface area contributed by atoms with Crippen LogP contribution in [0, 0.1) is 0 Å². The average molecular weight is 217 g/mol. The topological polar surface area (TPSA) is 28.2 Å². The maximum Gasteiger partial charge on any atom is 0.0605 e. The average Bonchev–Trinajstić information content (AvgIpc) is 2.87. The van der Waals surface area contributed by atoms with Crippen molar-refractivity contribution < 1.29 is 0 Å². The normalized spacial score (nSPS) is 29.6. The van der Waals surface area contributed by atoms with E-state index in [0.717, 1.165) is 0 Å². The standard InChI is InChI=1S/C13H19N3/c1-16-8-6-11(9-16)15-12-5-4-10-3-2-7-14-13(10)12/h2-3,7,11-12,15H,4-6,8-9H2,1H3. The molecular formula is C13H19N3. The first kappa shape index (κ1) is 10.2. The number of nitrogens with zero attached hydrogens (tertiary/aromatic N) is 2. The Balaban J connectivity index is 1.69. The second kappa shape index (κ2) is 4.15. The molecule has 2 atom stereocenters. The lowest BCUT2D eigenvalue weighted by Gasteiger charge is -2.18. The lowest BCUT2D eigenvalue weighted by molar-refractivity contribution is 0.379. The Kier molecular flexibility index (Phi) is 2.65. The molecule has 0 radical (unpaired) electrons. The minimum atomic E-state index is 0.493. The first-order valence-corrected chi connectivity index (χ1v) is 6.21. The van der Waals surface area contributed by atoms with Gasteiger partial charge >= 0.3 is 0 Å². The Hall–Kier alpha value is -0.930. The van der Waals surface area contributed by atoms with Crippen molar-refractivity contribution in [2.75, 3.05) is 20.1 Å². The van der Waals surface area contributed by atoms with Crippen LogP contribution in [-0.4, -0.2) is 36.1 Å². The van der Waals surface area contributed by atoms with Gasteiger partial charge < -0.3 is 10.2 Å². The molecule has 16 heavy (non-hydrogen) atoms. The van der Waals surface area contributed by atoms with Crippen LogP contribution in [0.1, 0.15) is 30.1 Å². The molecule has 1 aromatic heterocycles. The second-order valence-electron chi connectivity index (χ2n) is 5.05. The van der Waals surface area contributed by atoms with E-state index in [1.165, 1.54) is 43.6 Å². The first-order valence-electron chi connectivity index (χ1n) is 6.21. The molecule has 1 aliphatic carbocycles. The Morgan fingerprint density at radius 3 is 3.19 bits per heavy atom. The van der Waals surface area contributed by atoms with Crippen LogP contribution in [-0.2, 0) is 6.42 Å². The number of nitrogens with one attached hydrogen (secondary N) is 1. The van der Waals surface area contributed by atoms with Crippen molar-refractivity contribution in [3.05, 3.63) is 29.6 Å². The largest absolute Gasteiger partial charge is 0.305 e. The molecule has 1 aliphatic heterocycles. The summed E-state index contributed by atoms with van der Waals surface area (Å²) in [4.78, 5) is 6.92. The highest BCUT2D eigenvalue weighted by molar-refractivity contribution is 5.28. The predicted molar refractivity (Wildman–Crippen MR) is 64.3 cm³/mol. The molecule has 2 aliphatic rings. The van der Waals surface area contributed by atoms with E-state index in [-0.39, 0.29) is 0 Å². The summed E-state index contributed by atoms with van der Waals surface area (Å²) in [5.74, 6) is 0. The summed E-state index contributed by atoms with van der Waals surface area (Å²) in [6.45, 7) is 2.40. The number of likely N-dealkylation sites (tertiary alicyclic amines) is 1. The molecule has 86 valence electrons. The van der Waals surface area contributed by atoms with Crippen LogP contribution in [0.5, 0.6) is 0 Å². The molecule has 1 fully saturated rings. The number of aromatic nitrogens is 1. The fourth-order valence-electron chi connectivity index (χ4n) is 2.93. The SMILES string of the molecule is CN1CCC(NC2CCc3cccnc32)C1. The van der Waals surface area contributed by atoms with Crippen molar-refractivity contribution in [3.8, 4) is 0 Å². The zero-order valence-corrected chi connectivity index (χ0v) is 9.82. The van der Waals surface area contributed by atoms with E-state index in [4.69, 9.17) is 0 Å². The molecule has 1 aromatic rings. The number of hydrogen-bond donors (Lipinski definition) is 1. The van der Waals surface area contributed by atoms with Gasteiger partial charge in [0.25, 0.3) is 0 Å². The summed E-state index contributed by atoms with van der Waals surface area (Å²) in [5.41, 5.74) is 2.73. The highest BCUT2D eigenvalue weighted by Crippen LogP contribution is 2.29. The molecule has 3 heteroatoms. The third-order valence-electron chi connectivity index (χ3n) is 3.79. The van der Waals surface area contributed by atoms with Gasteiger partial charge in [-0.25, -0.2) is 0 Å². The molecule has 1 N–H and O–H groups in total. The highest BCUT2D eigenvalue weighted by Gasteiger charge is 2.28. The van der Waals surface area contributed by atoms with Gasteiger partial charge in [-0.2, -0.15) is 0 Å². The van der Waals surface area contributed by atoms with Crippen LogP contribution in [0.25, 0.3) is 0 Å². The number of rotatable bonds is 2. The van der Waals surface area contributed by atoms with Gasteiger partial charge in [0.15, 0.2) is 0 Å². The first-order chi connectivity index (χ1) is 7.83. The van der Waals surface area contributed by atoms with E-state index in [9.17, 15) is 0 Å². The van der Waals surface area contributed by atoms with E-state index in [1.807, 2.05) is 12.3 Å². The summed E-state index contributed by atoms with van der Waals surface area (Å²) in [6.07, 6.45) is 5.59. The molecule has 3 nitrogen and oxygen atoms in total. The summed E-state index contributed by atoms with van der Waals surface area (Å²) in [7, 11) is 2.20. The summed E-state index contributed by atoms with van der Waals surface area (Å²) in [5, 5.41) is 3.76. The molecule has 2 heterocycles. The number of pyridine rings is 1. The number of hydrogen-bond acceptors (Lipinski definition) is 3. The molecule has 0 spiro atoms. The van der Waals surface area contributed by atoms with Crippen molar-refractivity contribution in [2.24, 2.45) is 0 Å². The fraction of sp³-hybridized carbons (Fsp3) is 0.615. The van der Waals surface area contributed by atoms with Gasteiger partial charge in [0.2, 0.25) is 0 Å². The molecule has 0 amide bonds. The van der Waals surface area contributed by atoms with E-state index >= 15 is 0 Å². The van der Waals surface area contributed by atoms with Crippen LogP contribution in [0.15, 0.2) is 18.3 Å². The van der Waals surface area contributed by atoms with Gasteiger partial charge in [-0.15, -0.1) is 0 Å². The van der Waals surface area contributed by atoms with Crippen molar-refractivity contribution >= 4 is 0 Å². The predicted octanol–water partition coefficient (Wildman–Crippen LogP) is 1.36. The number of fused-ring (bicyclic) bond motifs is 1. The van der Waals surface area contributed by atoms with E-state index in [0.29, 0.717) is 12.1 Å². The van der Waals surface area contributed by atoms with Crippen molar-refractivity contribution in [1.29, 1.82) is 0 Å². The molecule has 0 aromatic carbocycles. The summed E-state index contributed by atoms with van der Waals surface area (Å²) < 4.78 is 0. The number of aryl methyl sites for hydroxylation is 1. The van der Waals surface area contributed by atoms with Crippen LogP contribution in [0.2, 0.25) is 0 Å². The van der Waals surface area contributed by atoms with Crippen LogP contribution in [0.4, 0.5) is 0 Å². The Bertz CT molecular complexity index is 377. The van der Waals surface area contributed by atoms with Crippen LogP contribution < -0.4 is 5.32 Å². The van der Waals surface area contributed by atoms with Crippen molar-refractivity contribution in [1.82, 2.24) is 15.2 Å². The maximum absolute atomic E-state index is 4.53. The molecule has 3 rings (SSSR count). The maximum atomic E-state index is 4.53. The van der Waals surface area contributed by atoms with Crippen molar-refractivity contribution in [3.63, 3.8) is 0 Å². The Morgan fingerprint density at radius 2 is 2.38 bits per heavy atom. The third kappa shape index (κ3) is 1.85. The fourth-order valence-corrected chi connectivity index (χ4v) is 2.93. The molecule has 1 saturated heterocycles. The summed E-state index contributed by atoms with van der Waals surface area (Å²) in [6, 6.07) is 5.41. The molecule has 0 saturated carbocycles. The van der Waals surface area contributed by atoms with Gasteiger partial charge in [-0.05, 0) is 44.5 Å². The van der Waals surface area contributed by atoms with Crippen LogP contribution in [0.3, 0.4) is 0 Å². The van der Waals surface area contributed by atoms with Crippen LogP contribution >= 0.6 is 0 Å². The van der Waals surface area contributed by atoms with Gasteiger partial charge in [-0.1, -0.05) is 6.07 Å². The van der Waals surface area contributed by atoms with E-state index in [1.54, 1.807) is 0 Å². The van der Waals surface area contributed by atoms with E-state index < -0.39 is 0 Å². The van der Waals surface area contributed by atoms with Gasteiger partial charge in [-0.3, -0.25) is 4.98 Å². The minimum Gasteiger partial charge on any atom is -0.305 e. The molecule has 2 unspecified atom stereocenters. The zero-order valence-electron chi connectivity index (χ0n) is 9.82. The lowest BCUT2D eigenvalue weighted by Crippen LogP contribution is -2.34. The van der Waals surface area contributed by atoms with E-state index in [2.05, 4.69) is 28.3 Å². The number of likely N-dealkylation sites (N-methyl/N-ethyl adjacent to an activating group) is 1. The van der Waals surface area contributed by atoms with Gasteiger partial charge in [0.1, 0.15) is 0 Å². The second-order valence-corrected chi connectivity index (χ2v) is 5.05. The summed E-state index contributed by atoms with van der Waals surface area (Å²) >= 11 is 0. The Morgan fingerprint density at radius 1 is 1.44 bits per heavy atom. The zero-order chi connectivity index (χ0) is 11.0. The smallest absolute Gasteiger partial charge is 0.0605 e. The minimum absolute atomic E-state index is 0.493. The Labute approximate surface area is 96.9 Å². The van der Waals surface area contributed by atoms with Gasteiger partial charge in [0.05, 0.1) is 11.7 Å². The lowest BCUT2D eigenvalue weighted by atomic mass is 10.1. The van der Waals surface area contributed by atoms with Gasteiger partial charge in [0, 0.05) is 18.8 Å². The third-order valence-corrected chi connectivity index (χ3v) is 3.79. The molecular weight excluding hydrogens is 198 g/mol. The van der Waals surface area contributed by atoms with Crippen molar-refractivity contribution in [2.45, 2.75) is 31.3 Å². The quantitative estimate of drug-likeness (QED) is 0.811. The molecule has 0 bridgehead atoms. The highest BCUT2D eigenvalue weighted by atomic mass is 15.2. The monoisotopic (exact) mass is 217 g/mol.